The third-order valence-corrected chi connectivity index (χ3v) is 3.07. The first-order chi connectivity index (χ1) is 8.56. The van der Waals surface area contributed by atoms with Gasteiger partial charge >= 0.3 is 0 Å². The lowest BCUT2D eigenvalue weighted by molar-refractivity contribution is 0.00528. The molecule has 0 radical (unpaired) electrons. The molecule has 0 bridgehead atoms. The molecule has 6 nitrogen and oxygen atoms in total. The van der Waals surface area contributed by atoms with Crippen LogP contribution in [0.25, 0.3) is 0 Å². The summed E-state index contributed by atoms with van der Waals surface area (Å²) in [6, 6.07) is 2.03. The highest BCUT2D eigenvalue weighted by atomic mass is 127. The van der Waals surface area contributed by atoms with E-state index in [0.717, 1.165) is 24.5 Å². The van der Waals surface area contributed by atoms with Crippen LogP contribution in [0.1, 0.15) is 18.3 Å². The van der Waals surface area contributed by atoms with Crippen molar-refractivity contribution in [3.05, 3.63) is 17.5 Å². The van der Waals surface area contributed by atoms with Gasteiger partial charge in [0, 0.05) is 20.1 Å². The van der Waals surface area contributed by atoms with E-state index >= 15 is 0 Å². The molecule has 19 heavy (non-hydrogen) atoms. The lowest BCUT2D eigenvalue weighted by Gasteiger charge is -2.31. The maximum atomic E-state index is 6.01. The summed E-state index contributed by atoms with van der Waals surface area (Å²) in [7, 11) is 1.92. The van der Waals surface area contributed by atoms with Crippen LogP contribution in [-0.4, -0.2) is 46.4 Å². The molecule has 2 N–H and O–H groups in total. The zero-order valence-electron chi connectivity index (χ0n) is 11.7. The molecule has 1 aliphatic heterocycles. The van der Waals surface area contributed by atoms with Crippen molar-refractivity contribution < 1.29 is 4.74 Å². The molecular weight excluding hydrogens is 357 g/mol. The van der Waals surface area contributed by atoms with E-state index in [4.69, 9.17) is 10.5 Å². The second-order valence-electron chi connectivity index (χ2n) is 4.70. The number of hydrogen-bond acceptors (Lipinski definition) is 3. The summed E-state index contributed by atoms with van der Waals surface area (Å²) in [5.41, 5.74) is 8.07. The Morgan fingerprint density at radius 1 is 1.63 bits per heavy atom. The van der Waals surface area contributed by atoms with Crippen LogP contribution in [0.4, 0.5) is 0 Å². The molecule has 0 amide bonds. The molecule has 0 aromatic carbocycles. The van der Waals surface area contributed by atoms with Gasteiger partial charge in [-0.05, 0) is 19.9 Å². The van der Waals surface area contributed by atoms with Gasteiger partial charge in [0.15, 0.2) is 5.96 Å². The van der Waals surface area contributed by atoms with Crippen LogP contribution in [0.3, 0.4) is 0 Å². The van der Waals surface area contributed by atoms with Gasteiger partial charge in [-0.15, -0.1) is 24.0 Å². The van der Waals surface area contributed by atoms with Crippen LogP contribution in [0.15, 0.2) is 11.1 Å². The first-order valence-corrected chi connectivity index (χ1v) is 6.22. The number of aliphatic imine (C=N–C) groups is 1. The highest BCUT2D eigenvalue weighted by Crippen LogP contribution is 2.06. The highest BCUT2D eigenvalue weighted by Gasteiger charge is 2.17. The van der Waals surface area contributed by atoms with Gasteiger partial charge in [-0.2, -0.15) is 5.10 Å². The Labute approximate surface area is 131 Å². The van der Waals surface area contributed by atoms with E-state index < -0.39 is 0 Å². The SMILES string of the molecule is Cc1cc(CN=C(N)N2CCOC(C)C2)n(C)n1.I. The summed E-state index contributed by atoms with van der Waals surface area (Å²) >= 11 is 0. The minimum atomic E-state index is 0. The fourth-order valence-corrected chi connectivity index (χ4v) is 2.10. The minimum absolute atomic E-state index is 0. The summed E-state index contributed by atoms with van der Waals surface area (Å²) < 4.78 is 7.32. The average Bonchev–Trinajstić information content (AvgIpc) is 2.65. The van der Waals surface area contributed by atoms with Crippen molar-refractivity contribution in [3.8, 4) is 0 Å². The molecule has 1 aromatic heterocycles. The molecule has 0 saturated carbocycles. The number of aromatic nitrogens is 2. The van der Waals surface area contributed by atoms with E-state index in [1.54, 1.807) is 0 Å². The standard InChI is InChI=1S/C12H21N5O.HI/c1-9-6-11(16(3)15-9)7-14-12(13)17-4-5-18-10(2)8-17;/h6,10H,4-5,7-8H2,1-3H3,(H2,13,14);1H. The molecule has 0 spiro atoms. The Balaban J connectivity index is 0.00000180. The molecule has 1 aromatic rings. The number of rotatable bonds is 2. The molecule has 1 fully saturated rings. The molecule has 2 heterocycles. The van der Waals surface area contributed by atoms with E-state index in [-0.39, 0.29) is 30.1 Å². The summed E-state index contributed by atoms with van der Waals surface area (Å²) in [4.78, 5) is 6.50. The number of aryl methyl sites for hydroxylation is 2. The van der Waals surface area contributed by atoms with Crippen molar-refractivity contribution >= 4 is 29.9 Å². The molecule has 1 saturated heterocycles. The van der Waals surface area contributed by atoms with Crippen molar-refractivity contribution in [1.82, 2.24) is 14.7 Å². The molecule has 1 unspecified atom stereocenters. The number of guanidine groups is 1. The van der Waals surface area contributed by atoms with Gasteiger partial charge in [-0.25, -0.2) is 4.99 Å². The predicted octanol–water partition coefficient (Wildman–Crippen LogP) is 0.882. The first kappa shape index (κ1) is 16.2. The zero-order valence-corrected chi connectivity index (χ0v) is 14.0. The van der Waals surface area contributed by atoms with E-state index in [1.165, 1.54) is 0 Å². The van der Waals surface area contributed by atoms with Gasteiger partial charge in [0.05, 0.1) is 30.6 Å². The van der Waals surface area contributed by atoms with Gasteiger partial charge in [-0.1, -0.05) is 0 Å². The lowest BCUT2D eigenvalue weighted by atomic mass is 10.3. The zero-order chi connectivity index (χ0) is 13.1. The average molecular weight is 379 g/mol. The second-order valence-corrected chi connectivity index (χ2v) is 4.70. The predicted molar refractivity (Wildman–Crippen MR) is 85.7 cm³/mol. The molecule has 1 atom stereocenters. The van der Waals surface area contributed by atoms with Crippen molar-refractivity contribution in [2.45, 2.75) is 26.5 Å². The van der Waals surface area contributed by atoms with Crippen LogP contribution in [0.5, 0.6) is 0 Å². The largest absolute Gasteiger partial charge is 0.375 e. The Kier molecular flexibility index (Phi) is 6.05. The smallest absolute Gasteiger partial charge is 0.191 e. The number of ether oxygens (including phenoxy) is 1. The number of morpholine rings is 1. The Morgan fingerprint density at radius 3 is 2.95 bits per heavy atom. The van der Waals surface area contributed by atoms with Crippen molar-refractivity contribution in [2.75, 3.05) is 19.7 Å². The minimum Gasteiger partial charge on any atom is -0.375 e. The van der Waals surface area contributed by atoms with E-state index in [1.807, 2.05) is 31.6 Å². The van der Waals surface area contributed by atoms with Gasteiger partial charge in [-0.3, -0.25) is 4.68 Å². The summed E-state index contributed by atoms with van der Waals surface area (Å²) in [5, 5.41) is 4.29. The maximum absolute atomic E-state index is 6.01. The van der Waals surface area contributed by atoms with Crippen molar-refractivity contribution in [1.29, 1.82) is 0 Å². The monoisotopic (exact) mass is 379 g/mol. The fourth-order valence-electron chi connectivity index (χ4n) is 2.10. The van der Waals surface area contributed by atoms with Gasteiger partial charge in [0.1, 0.15) is 0 Å². The fraction of sp³-hybridized carbons (Fsp3) is 0.667. The number of nitrogens with zero attached hydrogens (tertiary/aromatic N) is 4. The number of hydrogen-bond donors (Lipinski definition) is 1. The van der Waals surface area contributed by atoms with Crippen LogP contribution in [0.2, 0.25) is 0 Å². The summed E-state index contributed by atoms with van der Waals surface area (Å²) in [6.45, 7) is 6.91. The lowest BCUT2D eigenvalue weighted by Crippen LogP contribution is -2.47. The van der Waals surface area contributed by atoms with Crippen LogP contribution >= 0.6 is 24.0 Å². The van der Waals surface area contributed by atoms with Gasteiger partial charge in [0.2, 0.25) is 0 Å². The third kappa shape index (κ3) is 4.34. The highest BCUT2D eigenvalue weighted by molar-refractivity contribution is 14.0. The normalized spacial score (nSPS) is 20.3. The van der Waals surface area contributed by atoms with Gasteiger partial charge in [0.25, 0.3) is 0 Å². The first-order valence-electron chi connectivity index (χ1n) is 6.22. The molecule has 7 heteroatoms. The molecule has 0 aliphatic carbocycles. The van der Waals surface area contributed by atoms with Crippen LogP contribution in [0, 0.1) is 6.92 Å². The van der Waals surface area contributed by atoms with E-state index in [2.05, 4.69) is 15.0 Å². The molecule has 108 valence electrons. The molecule has 2 rings (SSSR count). The van der Waals surface area contributed by atoms with Crippen molar-refractivity contribution in [3.63, 3.8) is 0 Å². The van der Waals surface area contributed by atoms with Gasteiger partial charge < -0.3 is 15.4 Å². The Bertz CT molecular complexity index is 445. The van der Waals surface area contributed by atoms with Crippen LogP contribution < -0.4 is 5.73 Å². The number of nitrogens with two attached hydrogens (primary N) is 1. The maximum Gasteiger partial charge on any atom is 0.191 e. The van der Waals surface area contributed by atoms with E-state index in [9.17, 15) is 0 Å². The quantitative estimate of drug-likeness (QED) is 0.471. The summed E-state index contributed by atoms with van der Waals surface area (Å²) in [5.74, 6) is 0.587. The Morgan fingerprint density at radius 2 is 2.37 bits per heavy atom. The Hall–Kier alpha value is -0.830. The molecule has 1 aliphatic rings. The molecular formula is C12H22IN5O. The number of halogens is 1. The second kappa shape index (κ2) is 7.09. The third-order valence-electron chi connectivity index (χ3n) is 3.07. The summed E-state index contributed by atoms with van der Waals surface area (Å²) in [6.07, 6.45) is 0.214. The van der Waals surface area contributed by atoms with Crippen molar-refractivity contribution in [2.24, 2.45) is 17.8 Å². The topological polar surface area (TPSA) is 68.7 Å². The van der Waals surface area contributed by atoms with E-state index in [0.29, 0.717) is 19.1 Å². The van der Waals surface area contributed by atoms with Crippen LogP contribution in [-0.2, 0) is 18.3 Å².